The minimum atomic E-state index is -0.308. The van der Waals surface area contributed by atoms with Crippen molar-refractivity contribution < 1.29 is 9.59 Å². The van der Waals surface area contributed by atoms with Crippen LogP contribution >= 0.6 is 0 Å². The molecular weight excluding hydrogens is 246 g/mol. The Hall–Kier alpha value is -2.05. The quantitative estimate of drug-likeness (QED) is 0.719. The zero-order chi connectivity index (χ0) is 13.7. The maximum absolute atomic E-state index is 11.9. The molecule has 2 amide bonds. The molecule has 1 saturated heterocycles. The highest BCUT2D eigenvalue weighted by atomic mass is 16.2. The zero-order valence-corrected chi connectivity index (χ0v) is 10.8. The topological polar surface area (TPSA) is 104 Å². The van der Waals surface area contributed by atoms with Crippen LogP contribution in [0.3, 0.4) is 0 Å². The monoisotopic (exact) mass is 265 g/mol. The number of nitrogen functional groups attached to an aromatic ring is 1. The summed E-state index contributed by atoms with van der Waals surface area (Å²) in [5.41, 5.74) is 5.85. The number of nitrogens with one attached hydrogen (secondary N) is 2. The van der Waals surface area contributed by atoms with E-state index in [2.05, 4.69) is 15.5 Å². The number of H-pyrrole nitrogens is 1. The number of nitrogens with zero attached hydrogens (tertiary/aromatic N) is 2. The van der Waals surface area contributed by atoms with Crippen LogP contribution in [0, 0.1) is 0 Å². The van der Waals surface area contributed by atoms with Crippen molar-refractivity contribution in [3.05, 3.63) is 11.8 Å². The molecule has 0 radical (unpaired) electrons. The van der Waals surface area contributed by atoms with Crippen molar-refractivity contribution in [3.8, 4) is 0 Å². The number of rotatable bonds is 4. The van der Waals surface area contributed by atoms with E-state index in [0.717, 1.165) is 25.9 Å². The summed E-state index contributed by atoms with van der Waals surface area (Å²) in [6.07, 6.45) is 5.04. The lowest BCUT2D eigenvalue weighted by Crippen LogP contribution is -2.37. The van der Waals surface area contributed by atoms with E-state index in [1.54, 1.807) is 0 Å². The van der Waals surface area contributed by atoms with E-state index in [1.165, 1.54) is 12.6 Å². The fourth-order valence-corrected chi connectivity index (χ4v) is 2.16. The summed E-state index contributed by atoms with van der Waals surface area (Å²) in [5, 5.41) is 8.84. The van der Waals surface area contributed by atoms with E-state index in [0.29, 0.717) is 18.5 Å². The third-order valence-corrected chi connectivity index (χ3v) is 3.25. The van der Waals surface area contributed by atoms with Gasteiger partial charge in [0.25, 0.3) is 5.91 Å². The Morgan fingerprint density at radius 3 is 2.74 bits per heavy atom. The third-order valence-electron chi connectivity index (χ3n) is 3.25. The van der Waals surface area contributed by atoms with Crippen LogP contribution in [0.1, 0.15) is 36.0 Å². The number of aromatic amines is 1. The highest BCUT2D eigenvalue weighted by Gasteiger charge is 2.17. The molecule has 0 spiro atoms. The molecule has 1 aliphatic rings. The van der Waals surface area contributed by atoms with Crippen LogP contribution in [0.15, 0.2) is 6.20 Å². The average Bonchev–Trinajstić information content (AvgIpc) is 2.86. The zero-order valence-electron chi connectivity index (χ0n) is 10.8. The minimum absolute atomic E-state index is 0.0974. The number of carbonyl (C=O) groups excluding carboxylic acids is 2. The van der Waals surface area contributed by atoms with Crippen molar-refractivity contribution in [2.45, 2.75) is 25.7 Å². The molecule has 1 aromatic heterocycles. The lowest BCUT2D eigenvalue weighted by Gasteiger charge is -2.26. The molecule has 0 aliphatic carbocycles. The smallest absolute Gasteiger partial charge is 0.256 e. The van der Waals surface area contributed by atoms with Crippen molar-refractivity contribution in [2.75, 3.05) is 25.4 Å². The van der Waals surface area contributed by atoms with Crippen molar-refractivity contribution in [1.82, 2.24) is 20.4 Å². The van der Waals surface area contributed by atoms with Crippen molar-refractivity contribution in [2.24, 2.45) is 0 Å². The SMILES string of the molecule is Nc1[nH]ncc1C(=O)NCCC(=O)N1CCCCC1. The molecule has 19 heavy (non-hydrogen) atoms. The first-order valence-corrected chi connectivity index (χ1v) is 6.53. The predicted octanol–water partition coefficient (Wildman–Crippen LogP) is 0.124. The lowest BCUT2D eigenvalue weighted by atomic mass is 10.1. The van der Waals surface area contributed by atoms with Crippen LogP contribution in [0.5, 0.6) is 0 Å². The molecule has 0 atom stereocenters. The third kappa shape index (κ3) is 3.46. The largest absolute Gasteiger partial charge is 0.383 e. The number of amides is 2. The molecule has 104 valence electrons. The molecule has 1 fully saturated rings. The van der Waals surface area contributed by atoms with Gasteiger partial charge in [-0.05, 0) is 19.3 Å². The fraction of sp³-hybridized carbons (Fsp3) is 0.583. The van der Waals surface area contributed by atoms with Crippen molar-refractivity contribution in [3.63, 3.8) is 0 Å². The van der Waals surface area contributed by atoms with E-state index in [9.17, 15) is 9.59 Å². The Bertz CT molecular complexity index is 451. The average molecular weight is 265 g/mol. The summed E-state index contributed by atoms with van der Waals surface area (Å²) < 4.78 is 0. The number of nitrogens with two attached hydrogens (primary N) is 1. The first-order chi connectivity index (χ1) is 9.18. The summed E-state index contributed by atoms with van der Waals surface area (Å²) in [5.74, 6) is 0.0257. The molecule has 4 N–H and O–H groups in total. The Labute approximate surface area is 111 Å². The van der Waals surface area contributed by atoms with Crippen LogP contribution in [0.25, 0.3) is 0 Å². The minimum Gasteiger partial charge on any atom is -0.383 e. The normalized spacial score (nSPS) is 15.3. The maximum Gasteiger partial charge on any atom is 0.256 e. The first kappa shape index (κ1) is 13.4. The first-order valence-electron chi connectivity index (χ1n) is 6.53. The van der Waals surface area contributed by atoms with E-state index in [-0.39, 0.29) is 17.6 Å². The molecule has 0 saturated carbocycles. The second kappa shape index (κ2) is 6.21. The van der Waals surface area contributed by atoms with Gasteiger partial charge < -0.3 is 16.0 Å². The number of hydrogen-bond acceptors (Lipinski definition) is 4. The Kier molecular flexibility index (Phi) is 4.38. The highest BCUT2D eigenvalue weighted by Crippen LogP contribution is 2.09. The van der Waals surface area contributed by atoms with E-state index in [1.807, 2.05) is 4.90 Å². The van der Waals surface area contributed by atoms with Gasteiger partial charge in [0.2, 0.25) is 5.91 Å². The number of anilines is 1. The van der Waals surface area contributed by atoms with Crippen LogP contribution in [0.4, 0.5) is 5.82 Å². The van der Waals surface area contributed by atoms with E-state index in [4.69, 9.17) is 5.73 Å². The molecule has 2 heterocycles. The van der Waals surface area contributed by atoms with Crippen molar-refractivity contribution >= 4 is 17.6 Å². The van der Waals surface area contributed by atoms with Crippen LogP contribution < -0.4 is 11.1 Å². The van der Waals surface area contributed by atoms with Gasteiger partial charge in [-0.3, -0.25) is 14.7 Å². The van der Waals surface area contributed by atoms with Gasteiger partial charge >= 0.3 is 0 Å². The van der Waals surface area contributed by atoms with Gasteiger partial charge in [-0.2, -0.15) is 5.10 Å². The van der Waals surface area contributed by atoms with Gasteiger partial charge in [0, 0.05) is 26.1 Å². The summed E-state index contributed by atoms with van der Waals surface area (Å²) in [4.78, 5) is 25.4. The fourth-order valence-electron chi connectivity index (χ4n) is 2.16. The lowest BCUT2D eigenvalue weighted by molar-refractivity contribution is -0.131. The Morgan fingerprint density at radius 1 is 1.37 bits per heavy atom. The summed E-state index contributed by atoms with van der Waals surface area (Å²) in [6, 6.07) is 0. The van der Waals surface area contributed by atoms with Crippen molar-refractivity contribution in [1.29, 1.82) is 0 Å². The number of piperidine rings is 1. The van der Waals surface area contributed by atoms with Gasteiger partial charge in [-0.1, -0.05) is 0 Å². The molecule has 1 aliphatic heterocycles. The highest BCUT2D eigenvalue weighted by molar-refractivity contribution is 5.98. The van der Waals surface area contributed by atoms with Crippen LogP contribution in [0.2, 0.25) is 0 Å². The standard InChI is InChI=1S/C12H19N5O2/c13-11-9(8-15-16-11)12(19)14-5-4-10(18)17-6-2-1-3-7-17/h8H,1-7H2,(H,14,19)(H3,13,15,16). The Morgan fingerprint density at radius 2 is 2.11 bits per heavy atom. The van der Waals surface area contributed by atoms with E-state index < -0.39 is 0 Å². The molecule has 0 aromatic carbocycles. The van der Waals surface area contributed by atoms with Gasteiger partial charge in [0.05, 0.1) is 6.20 Å². The number of likely N-dealkylation sites (tertiary alicyclic amines) is 1. The number of hydrogen-bond donors (Lipinski definition) is 3. The van der Waals surface area contributed by atoms with Gasteiger partial charge in [-0.25, -0.2) is 0 Å². The second-order valence-corrected chi connectivity index (χ2v) is 4.64. The molecule has 0 unspecified atom stereocenters. The van der Waals surface area contributed by atoms with Gasteiger partial charge in [0.1, 0.15) is 11.4 Å². The molecule has 0 bridgehead atoms. The Balaban J connectivity index is 1.73. The van der Waals surface area contributed by atoms with Gasteiger partial charge in [0.15, 0.2) is 0 Å². The number of aromatic nitrogens is 2. The molecular formula is C12H19N5O2. The molecule has 7 heteroatoms. The molecule has 7 nitrogen and oxygen atoms in total. The van der Waals surface area contributed by atoms with Gasteiger partial charge in [-0.15, -0.1) is 0 Å². The summed E-state index contributed by atoms with van der Waals surface area (Å²) in [7, 11) is 0. The van der Waals surface area contributed by atoms with Crippen LogP contribution in [-0.2, 0) is 4.79 Å². The maximum atomic E-state index is 11.9. The van der Waals surface area contributed by atoms with Crippen LogP contribution in [-0.4, -0.2) is 46.5 Å². The number of carbonyl (C=O) groups is 2. The second-order valence-electron chi connectivity index (χ2n) is 4.64. The molecule has 1 aromatic rings. The van der Waals surface area contributed by atoms with E-state index >= 15 is 0 Å². The summed E-state index contributed by atoms with van der Waals surface area (Å²) in [6.45, 7) is 1.99. The molecule has 2 rings (SSSR count). The predicted molar refractivity (Wildman–Crippen MR) is 70.4 cm³/mol. The summed E-state index contributed by atoms with van der Waals surface area (Å²) >= 11 is 0.